The third-order valence-electron chi connectivity index (χ3n) is 2.67. The molecule has 2 rings (SSSR count). The lowest BCUT2D eigenvalue weighted by molar-refractivity contribution is 0.0986. The van der Waals surface area contributed by atoms with Crippen molar-refractivity contribution in [2.45, 2.75) is 6.42 Å². The van der Waals surface area contributed by atoms with Crippen LogP contribution in [0.4, 0.5) is 0 Å². The van der Waals surface area contributed by atoms with E-state index in [1.165, 1.54) is 20.5 Å². The zero-order chi connectivity index (χ0) is 13.8. The number of ketones is 1. The van der Waals surface area contributed by atoms with Gasteiger partial charge in [0.2, 0.25) is 0 Å². The van der Waals surface area contributed by atoms with Crippen molar-refractivity contribution in [1.29, 1.82) is 0 Å². The zero-order valence-electron chi connectivity index (χ0n) is 10.6. The van der Waals surface area contributed by atoms with Gasteiger partial charge in [-0.3, -0.25) is 4.79 Å². The summed E-state index contributed by atoms with van der Waals surface area (Å²) in [6.07, 6.45) is 1.71. The first-order valence-electron chi connectivity index (χ1n) is 5.62. The molecule has 0 amide bonds. The molecular formula is C14H13ClO4. The lowest BCUT2D eigenvalue weighted by atomic mass is 10.1. The van der Waals surface area contributed by atoms with Crippen molar-refractivity contribution in [1.82, 2.24) is 0 Å². The third-order valence-corrected chi connectivity index (χ3v) is 2.95. The lowest BCUT2D eigenvalue weighted by Gasteiger charge is -2.11. The molecule has 0 unspecified atom stereocenters. The van der Waals surface area contributed by atoms with E-state index in [1.807, 2.05) is 0 Å². The van der Waals surface area contributed by atoms with Gasteiger partial charge in [0.1, 0.15) is 5.76 Å². The van der Waals surface area contributed by atoms with Crippen LogP contribution in [0.25, 0.3) is 0 Å². The summed E-state index contributed by atoms with van der Waals surface area (Å²) in [6.45, 7) is 0. The Morgan fingerprint density at radius 3 is 2.68 bits per heavy atom. The zero-order valence-corrected chi connectivity index (χ0v) is 11.4. The largest absolute Gasteiger partial charge is 0.493 e. The van der Waals surface area contributed by atoms with Crippen LogP contribution in [0.2, 0.25) is 5.02 Å². The normalized spacial score (nSPS) is 10.3. The average Bonchev–Trinajstić information content (AvgIpc) is 2.90. The van der Waals surface area contributed by atoms with Crippen molar-refractivity contribution in [3.05, 3.63) is 46.9 Å². The van der Waals surface area contributed by atoms with Gasteiger partial charge in [-0.1, -0.05) is 11.6 Å². The van der Waals surface area contributed by atoms with Gasteiger partial charge in [0.15, 0.2) is 17.3 Å². The molecule has 1 aromatic heterocycles. The maximum Gasteiger partial charge on any atom is 0.179 e. The van der Waals surface area contributed by atoms with Crippen molar-refractivity contribution in [3.63, 3.8) is 0 Å². The summed E-state index contributed by atoms with van der Waals surface area (Å²) in [4.78, 5) is 12.1. The van der Waals surface area contributed by atoms with Gasteiger partial charge < -0.3 is 13.9 Å². The summed E-state index contributed by atoms with van der Waals surface area (Å²) in [7, 11) is 2.99. The van der Waals surface area contributed by atoms with Gasteiger partial charge in [-0.25, -0.2) is 0 Å². The molecule has 100 valence electrons. The summed E-state index contributed by atoms with van der Waals surface area (Å²) in [5.41, 5.74) is 0.457. The number of ether oxygens (including phenoxy) is 2. The summed E-state index contributed by atoms with van der Waals surface area (Å²) in [5, 5.41) is 0.338. The number of hydrogen-bond donors (Lipinski definition) is 0. The van der Waals surface area contributed by atoms with Gasteiger partial charge >= 0.3 is 0 Å². The molecule has 0 aliphatic carbocycles. The van der Waals surface area contributed by atoms with Crippen LogP contribution in [0, 0.1) is 0 Å². The third kappa shape index (κ3) is 2.90. The van der Waals surface area contributed by atoms with Crippen LogP contribution in [0.3, 0.4) is 0 Å². The van der Waals surface area contributed by atoms with E-state index in [9.17, 15) is 4.79 Å². The van der Waals surface area contributed by atoms with Gasteiger partial charge in [-0.15, -0.1) is 0 Å². The second-order valence-corrected chi connectivity index (χ2v) is 4.28. The number of Topliss-reactive ketones (excluding diaryl/α,β-unsaturated/α-hetero) is 1. The molecule has 0 aliphatic heterocycles. The fourth-order valence-corrected chi connectivity index (χ4v) is 2.04. The second kappa shape index (κ2) is 5.80. The number of halogens is 1. The highest BCUT2D eigenvalue weighted by Crippen LogP contribution is 2.36. The standard InChI is InChI=1S/C14H13ClO4/c1-17-13-7-9(6-11(15)14(13)18-2)12(16)8-10-4-3-5-19-10/h3-7H,8H2,1-2H3. The molecule has 0 bridgehead atoms. The first-order valence-corrected chi connectivity index (χ1v) is 6.00. The van der Waals surface area contributed by atoms with Crippen LogP contribution in [-0.4, -0.2) is 20.0 Å². The molecule has 0 N–H and O–H groups in total. The number of methoxy groups -OCH3 is 2. The Morgan fingerprint density at radius 2 is 2.11 bits per heavy atom. The topological polar surface area (TPSA) is 48.7 Å². The Hall–Kier alpha value is -1.94. The number of carbonyl (C=O) groups is 1. The van der Waals surface area contributed by atoms with Crippen LogP contribution in [0.15, 0.2) is 34.9 Å². The summed E-state index contributed by atoms with van der Waals surface area (Å²) in [5.74, 6) is 1.35. The minimum absolute atomic E-state index is 0.0993. The Morgan fingerprint density at radius 1 is 1.32 bits per heavy atom. The molecule has 0 aliphatic rings. The van der Waals surface area contributed by atoms with Crippen molar-refractivity contribution >= 4 is 17.4 Å². The summed E-state index contributed by atoms with van der Waals surface area (Å²) in [6, 6.07) is 6.66. The van der Waals surface area contributed by atoms with Crippen molar-refractivity contribution in [2.24, 2.45) is 0 Å². The summed E-state index contributed by atoms with van der Waals surface area (Å²) >= 11 is 6.06. The molecule has 0 atom stereocenters. The van der Waals surface area contributed by atoms with E-state index in [1.54, 1.807) is 24.3 Å². The molecule has 0 spiro atoms. The molecule has 0 fully saturated rings. The number of hydrogen-bond acceptors (Lipinski definition) is 4. The molecule has 5 heteroatoms. The van der Waals surface area contributed by atoms with Crippen molar-refractivity contribution in [2.75, 3.05) is 14.2 Å². The first-order chi connectivity index (χ1) is 9.15. The van der Waals surface area contributed by atoms with E-state index in [0.717, 1.165) is 0 Å². The van der Waals surface area contributed by atoms with E-state index in [2.05, 4.69) is 0 Å². The number of rotatable bonds is 5. The molecule has 4 nitrogen and oxygen atoms in total. The van der Waals surface area contributed by atoms with E-state index in [-0.39, 0.29) is 12.2 Å². The molecule has 1 heterocycles. The highest BCUT2D eigenvalue weighted by Gasteiger charge is 2.16. The minimum atomic E-state index is -0.0993. The highest BCUT2D eigenvalue weighted by atomic mass is 35.5. The fourth-order valence-electron chi connectivity index (χ4n) is 1.75. The SMILES string of the molecule is COc1cc(C(=O)Cc2ccco2)cc(Cl)c1OC. The van der Waals surface area contributed by atoms with E-state index >= 15 is 0 Å². The van der Waals surface area contributed by atoms with Crippen LogP contribution in [-0.2, 0) is 6.42 Å². The van der Waals surface area contributed by atoms with Crippen molar-refractivity contribution in [3.8, 4) is 11.5 Å². The van der Waals surface area contributed by atoms with Crippen LogP contribution < -0.4 is 9.47 Å². The van der Waals surface area contributed by atoms with Gasteiger partial charge in [0.25, 0.3) is 0 Å². The molecule has 0 radical (unpaired) electrons. The lowest BCUT2D eigenvalue weighted by Crippen LogP contribution is -2.04. The fraction of sp³-hybridized carbons (Fsp3) is 0.214. The predicted molar refractivity (Wildman–Crippen MR) is 71.3 cm³/mol. The van der Waals surface area contributed by atoms with Gasteiger partial charge in [-0.05, 0) is 24.3 Å². The minimum Gasteiger partial charge on any atom is -0.493 e. The van der Waals surface area contributed by atoms with Gasteiger partial charge in [0, 0.05) is 5.56 Å². The summed E-state index contributed by atoms with van der Waals surface area (Å²) < 4.78 is 15.4. The smallest absolute Gasteiger partial charge is 0.179 e. The Labute approximate surface area is 115 Å². The Kier molecular flexibility index (Phi) is 4.12. The average molecular weight is 281 g/mol. The molecule has 1 aromatic carbocycles. The van der Waals surface area contributed by atoms with Gasteiger partial charge in [-0.2, -0.15) is 0 Å². The van der Waals surface area contributed by atoms with Crippen LogP contribution in [0.1, 0.15) is 16.1 Å². The van der Waals surface area contributed by atoms with E-state index < -0.39 is 0 Å². The maximum atomic E-state index is 12.1. The van der Waals surface area contributed by atoms with E-state index in [0.29, 0.717) is 27.8 Å². The molecular weight excluding hydrogens is 268 g/mol. The van der Waals surface area contributed by atoms with E-state index in [4.69, 9.17) is 25.5 Å². The molecule has 19 heavy (non-hydrogen) atoms. The number of furan rings is 1. The maximum absolute atomic E-state index is 12.1. The van der Waals surface area contributed by atoms with Gasteiger partial charge in [0.05, 0.1) is 31.9 Å². The molecule has 2 aromatic rings. The Balaban J connectivity index is 2.29. The van der Waals surface area contributed by atoms with Crippen LogP contribution in [0.5, 0.6) is 11.5 Å². The quantitative estimate of drug-likeness (QED) is 0.788. The highest BCUT2D eigenvalue weighted by molar-refractivity contribution is 6.32. The molecule has 0 saturated carbocycles. The predicted octanol–water partition coefficient (Wildman–Crippen LogP) is 3.38. The van der Waals surface area contributed by atoms with Crippen LogP contribution >= 0.6 is 11.6 Å². The molecule has 0 saturated heterocycles. The Bertz CT molecular complexity index is 575. The number of benzene rings is 1. The first kappa shape index (κ1) is 13.5. The second-order valence-electron chi connectivity index (χ2n) is 3.87. The van der Waals surface area contributed by atoms with Crippen molar-refractivity contribution < 1.29 is 18.7 Å². The monoisotopic (exact) mass is 280 g/mol. The number of carbonyl (C=O) groups excluding carboxylic acids is 1.